The van der Waals surface area contributed by atoms with E-state index in [0.29, 0.717) is 26.4 Å². The van der Waals surface area contributed by atoms with Crippen molar-refractivity contribution in [3.63, 3.8) is 0 Å². The molecule has 2 aromatic heterocycles. The zero-order chi connectivity index (χ0) is 28.8. The van der Waals surface area contributed by atoms with E-state index in [1.165, 1.54) is 28.5 Å². The van der Waals surface area contributed by atoms with Crippen molar-refractivity contribution in [3.8, 4) is 11.5 Å². The van der Waals surface area contributed by atoms with E-state index in [1.807, 2.05) is 28.8 Å². The van der Waals surface area contributed by atoms with Crippen molar-refractivity contribution >= 4 is 57.0 Å². The van der Waals surface area contributed by atoms with Gasteiger partial charge < -0.3 is 9.47 Å². The van der Waals surface area contributed by atoms with Crippen LogP contribution in [0.25, 0.3) is 11.8 Å². The molecule has 0 N–H and O–H groups in total. The van der Waals surface area contributed by atoms with Gasteiger partial charge in [-0.05, 0) is 87.9 Å². The maximum atomic E-state index is 14.1. The molecular formula is C33H24FIN2O3S2. The highest BCUT2D eigenvalue weighted by Crippen LogP contribution is 2.42. The number of aromatic nitrogens is 1. The molecular weight excluding hydrogens is 682 g/mol. The van der Waals surface area contributed by atoms with Crippen LogP contribution >= 0.6 is 45.3 Å². The van der Waals surface area contributed by atoms with Crippen molar-refractivity contribution in [2.45, 2.75) is 25.5 Å². The number of halogens is 2. The Bertz CT molecular complexity index is 2050. The number of rotatable bonds is 6. The van der Waals surface area contributed by atoms with E-state index >= 15 is 0 Å². The molecule has 0 saturated carbocycles. The van der Waals surface area contributed by atoms with Gasteiger partial charge in [-0.2, -0.15) is 0 Å². The van der Waals surface area contributed by atoms with Crippen LogP contribution < -0.4 is 24.4 Å². The number of allylic oxidation sites excluding steroid dienone is 1. The first kappa shape index (κ1) is 27.3. The van der Waals surface area contributed by atoms with Crippen LogP contribution in [0.5, 0.6) is 11.5 Å². The smallest absolute Gasteiger partial charge is 0.271 e. The largest absolute Gasteiger partial charge is 0.493 e. The molecule has 3 aromatic carbocycles. The van der Waals surface area contributed by atoms with Crippen LogP contribution in [-0.4, -0.2) is 11.7 Å². The number of ether oxygens (including phenoxy) is 2. The third-order valence-corrected chi connectivity index (χ3v) is 10.3. The minimum absolute atomic E-state index is 0.0589. The van der Waals surface area contributed by atoms with E-state index in [-0.39, 0.29) is 24.0 Å². The molecule has 1 aliphatic carbocycles. The molecule has 0 radical (unpaired) electrons. The molecule has 9 heteroatoms. The van der Waals surface area contributed by atoms with Crippen molar-refractivity contribution in [1.82, 2.24) is 4.57 Å². The number of fused-ring (bicyclic) bond motifs is 3. The summed E-state index contributed by atoms with van der Waals surface area (Å²) in [6, 6.07) is 22.7. The minimum Gasteiger partial charge on any atom is -0.493 e. The van der Waals surface area contributed by atoms with Crippen LogP contribution in [-0.2, 0) is 13.0 Å². The molecule has 7 rings (SSSR count). The predicted molar refractivity (Wildman–Crippen MR) is 174 cm³/mol. The topological polar surface area (TPSA) is 52.8 Å². The van der Waals surface area contributed by atoms with Gasteiger partial charge >= 0.3 is 0 Å². The molecule has 5 nitrogen and oxygen atoms in total. The third-order valence-electron chi connectivity index (χ3n) is 7.57. The standard InChI is InChI=1S/C33H24FIN2O3S2/c1-39-26-16-19(15-25(35)31(26)40-18-21-8-3-5-10-24(21)34)17-28-32(38)37-30(27-11-6-14-41-27)23-13-12-20-7-2-4-9-22(20)29(23)36-33(37)42-28/h2-11,14-17,30H,12-13,18H2,1H3/b28-17+/t30-/m0/s1. The number of methoxy groups -OCH3 is 1. The molecule has 2 aliphatic rings. The lowest BCUT2D eigenvalue weighted by Crippen LogP contribution is -2.38. The molecule has 0 unspecified atom stereocenters. The molecule has 0 amide bonds. The van der Waals surface area contributed by atoms with Gasteiger partial charge in [-0.3, -0.25) is 9.36 Å². The Balaban J connectivity index is 1.31. The van der Waals surface area contributed by atoms with E-state index in [9.17, 15) is 9.18 Å². The van der Waals surface area contributed by atoms with Gasteiger partial charge in [-0.1, -0.05) is 59.9 Å². The molecule has 3 heterocycles. The average molecular weight is 707 g/mol. The fraction of sp³-hybridized carbons (Fsp3) is 0.152. The summed E-state index contributed by atoms with van der Waals surface area (Å²) >= 11 is 5.26. The summed E-state index contributed by atoms with van der Waals surface area (Å²) in [4.78, 5) is 20.9. The van der Waals surface area contributed by atoms with Gasteiger partial charge in [0.25, 0.3) is 5.56 Å². The van der Waals surface area contributed by atoms with Crippen LogP contribution in [0.4, 0.5) is 4.39 Å². The monoisotopic (exact) mass is 706 g/mol. The molecule has 1 aliphatic heterocycles. The number of hydrogen-bond donors (Lipinski definition) is 0. The highest BCUT2D eigenvalue weighted by Gasteiger charge is 2.33. The fourth-order valence-corrected chi connectivity index (χ4v) is 8.23. The fourth-order valence-electron chi connectivity index (χ4n) is 5.60. The first-order valence-corrected chi connectivity index (χ1v) is 16.2. The van der Waals surface area contributed by atoms with Gasteiger partial charge in [0, 0.05) is 16.0 Å². The first-order valence-electron chi connectivity index (χ1n) is 13.4. The molecule has 1 atom stereocenters. The summed E-state index contributed by atoms with van der Waals surface area (Å²) in [6.45, 7) is 0.0769. The van der Waals surface area contributed by atoms with Crippen LogP contribution in [0, 0.1) is 9.39 Å². The van der Waals surface area contributed by atoms with Gasteiger partial charge in [0.1, 0.15) is 12.4 Å². The molecule has 5 aromatic rings. The summed E-state index contributed by atoms with van der Waals surface area (Å²) in [5.41, 5.74) is 5.86. The second-order valence-electron chi connectivity index (χ2n) is 10.0. The van der Waals surface area contributed by atoms with Crippen molar-refractivity contribution < 1.29 is 13.9 Å². The van der Waals surface area contributed by atoms with Crippen molar-refractivity contribution in [3.05, 3.63) is 140 Å². The highest BCUT2D eigenvalue weighted by atomic mass is 127. The molecule has 0 spiro atoms. The summed E-state index contributed by atoms with van der Waals surface area (Å²) in [5, 5.41) is 2.06. The Labute approximate surface area is 263 Å². The summed E-state index contributed by atoms with van der Waals surface area (Å²) in [7, 11) is 1.57. The molecule has 0 fully saturated rings. The quantitative estimate of drug-likeness (QED) is 0.185. The Morgan fingerprint density at radius 3 is 2.74 bits per heavy atom. The predicted octanol–water partition coefficient (Wildman–Crippen LogP) is 6.71. The van der Waals surface area contributed by atoms with Gasteiger partial charge in [-0.25, -0.2) is 9.38 Å². The van der Waals surface area contributed by atoms with Crippen molar-refractivity contribution in [2.75, 3.05) is 7.11 Å². The average Bonchev–Trinajstić information content (AvgIpc) is 3.64. The Kier molecular flexibility index (Phi) is 7.33. The second kappa shape index (κ2) is 11.3. The summed E-state index contributed by atoms with van der Waals surface area (Å²) in [6.07, 6.45) is 3.68. The number of benzene rings is 3. The van der Waals surface area contributed by atoms with Crippen molar-refractivity contribution in [1.29, 1.82) is 0 Å². The lowest BCUT2D eigenvalue weighted by atomic mass is 9.85. The van der Waals surface area contributed by atoms with E-state index in [2.05, 4.69) is 58.3 Å². The van der Waals surface area contributed by atoms with Crippen LogP contribution in [0.2, 0.25) is 0 Å². The maximum Gasteiger partial charge on any atom is 0.271 e. The Hall–Kier alpha value is -3.54. The number of hydrogen-bond acceptors (Lipinski definition) is 6. The summed E-state index contributed by atoms with van der Waals surface area (Å²) < 4.78 is 29.0. The second-order valence-corrected chi connectivity index (χ2v) is 13.2. The molecule has 0 bridgehead atoms. The third kappa shape index (κ3) is 4.83. The van der Waals surface area contributed by atoms with Gasteiger partial charge in [0.2, 0.25) is 0 Å². The van der Waals surface area contributed by atoms with E-state index in [1.54, 1.807) is 36.6 Å². The number of thiophene rings is 1. The van der Waals surface area contributed by atoms with E-state index in [4.69, 9.17) is 14.5 Å². The first-order chi connectivity index (χ1) is 20.5. The van der Waals surface area contributed by atoms with Crippen LogP contribution in [0.3, 0.4) is 0 Å². The zero-order valence-electron chi connectivity index (χ0n) is 22.5. The number of nitrogens with zero attached hydrogens (tertiary/aromatic N) is 2. The number of aryl methyl sites for hydroxylation is 1. The van der Waals surface area contributed by atoms with Gasteiger partial charge in [-0.15, -0.1) is 11.3 Å². The molecule has 0 saturated heterocycles. The lowest BCUT2D eigenvalue weighted by molar-refractivity contribution is 0.277. The minimum atomic E-state index is -0.315. The van der Waals surface area contributed by atoms with Gasteiger partial charge in [0.15, 0.2) is 16.3 Å². The molecule has 210 valence electrons. The highest BCUT2D eigenvalue weighted by molar-refractivity contribution is 14.1. The molecule has 42 heavy (non-hydrogen) atoms. The van der Waals surface area contributed by atoms with Crippen LogP contribution in [0.15, 0.2) is 93.5 Å². The van der Waals surface area contributed by atoms with Gasteiger partial charge in [0.05, 0.1) is 27.0 Å². The normalized spacial score (nSPS) is 16.0. The van der Waals surface area contributed by atoms with Crippen LogP contribution in [0.1, 0.15) is 39.6 Å². The zero-order valence-corrected chi connectivity index (χ0v) is 26.3. The van der Waals surface area contributed by atoms with Crippen molar-refractivity contribution in [2.24, 2.45) is 4.99 Å². The Morgan fingerprint density at radius 1 is 1.10 bits per heavy atom. The summed E-state index contributed by atoms with van der Waals surface area (Å²) in [5.74, 6) is 0.731. The van der Waals surface area contributed by atoms with E-state index < -0.39 is 0 Å². The Morgan fingerprint density at radius 2 is 1.93 bits per heavy atom. The SMILES string of the molecule is COc1cc(/C=c2/sc3n(c2=O)[C@H](c2cccs2)C2=C(N=3)c3ccccc3CC2)cc(I)c1OCc1ccccc1F. The number of thiazole rings is 1. The van der Waals surface area contributed by atoms with E-state index in [0.717, 1.165) is 38.1 Å². The maximum absolute atomic E-state index is 14.1. The lowest BCUT2D eigenvalue weighted by Gasteiger charge is -2.30.